The van der Waals surface area contributed by atoms with Gasteiger partial charge in [-0.25, -0.2) is 9.97 Å². The Kier molecular flexibility index (Phi) is 7.35. The van der Waals surface area contributed by atoms with Gasteiger partial charge < -0.3 is 19.3 Å². The number of carbonyl (C=O) groups is 2. The molecule has 192 valence electrons. The number of hydrogen-bond acceptors (Lipinski definition) is 7. The number of esters is 1. The lowest BCUT2D eigenvalue weighted by Gasteiger charge is -2.35. The molecule has 0 saturated carbocycles. The van der Waals surface area contributed by atoms with E-state index < -0.39 is 0 Å². The van der Waals surface area contributed by atoms with Crippen molar-refractivity contribution in [1.29, 1.82) is 0 Å². The number of amides is 1. The number of carbonyl (C=O) groups excluding carboxylic acids is 2. The number of ether oxygens (including phenoxy) is 2. The molecule has 37 heavy (non-hydrogen) atoms. The van der Waals surface area contributed by atoms with Gasteiger partial charge >= 0.3 is 5.97 Å². The molecule has 5 rings (SSSR count). The van der Waals surface area contributed by atoms with Gasteiger partial charge in [-0.15, -0.1) is 0 Å². The molecule has 8 nitrogen and oxygen atoms in total. The number of benzene rings is 2. The van der Waals surface area contributed by atoms with Crippen LogP contribution in [0, 0.1) is 5.92 Å². The molecule has 1 amide bonds. The fraction of sp³-hybridized carbons (Fsp3) is 0.379. The van der Waals surface area contributed by atoms with Crippen molar-refractivity contribution in [3.63, 3.8) is 0 Å². The number of aromatic nitrogens is 2. The predicted molar refractivity (Wildman–Crippen MR) is 140 cm³/mol. The zero-order chi connectivity index (χ0) is 25.8. The summed E-state index contributed by atoms with van der Waals surface area (Å²) in [4.78, 5) is 38.9. The van der Waals surface area contributed by atoms with Crippen LogP contribution >= 0.6 is 0 Å². The maximum atomic E-state index is 13.6. The van der Waals surface area contributed by atoms with Crippen LogP contribution in [-0.2, 0) is 22.5 Å². The summed E-state index contributed by atoms with van der Waals surface area (Å²) in [6.07, 6.45) is 3.74. The third kappa shape index (κ3) is 5.14. The van der Waals surface area contributed by atoms with Crippen LogP contribution in [0.4, 0.5) is 5.82 Å². The minimum atomic E-state index is -0.114. The highest BCUT2D eigenvalue weighted by molar-refractivity contribution is 5.96. The van der Waals surface area contributed by atoms with Crippen LogP contribution in [0.25, 0.3) is 11.1 Å². The molecule has 0 aliphatic carbocycles. The van der Waals surface area contributed by atoms with Crippen molar-refractivity contribution in [2.75, 3.05) is 38.3 Å². The second kappa shape index (κ2) is 11.0. The molecule has 0 spiro atoms. The Hall–Kier alpha value is -3.94. The lowest BCUT2D eigenvalue weighted by Crippen LogP contribution is -2.41. The second-order valence-corrected chi connectivity index (χ2v) is 9.39. The van der Waals surface area contributed by atoms with Gasteiger partial charge in [0.2, 0.25) is 0 Å². The van der Waals surface area contributed by atoms with Gasteiger partial charge in [-0.05, 0) is 43.5 Å². The molecule has 2 aromatic carbocycles. The van der Waals surface area contributed by atoms with Gasteiger partial charge in [0.1, 0.15) is 17.9 Å². The first kappa shape index (κ1) is 24.7. The molecule has 8 heteroatoms. The molecule has 0 N–H and O–H groups in total. The predicted octanol–water partition coefficient (Wildman–Crippen LogP) is 4.13. The third-order valence-corrected chi connectivity index (χ3v) is 7.21. The Morgan fingerprint density at radius 1 is 1.03 bits per heavy atom. The average Bonchev–Trinajstić information content (AvgIpc) is 2.96. The molecule has 1 aromatic heterocycles. The quantitative estimate of drug-likeness (QED) is 0.471. The molecule has 3 heterocycles. The zero-order valence-electron chi connectivity index (χ0n) is 21.4. The fourth-order valence-electron chi connectivity index (χ4n) is 5.22. The van der Waals surface area contributed by atoms with E-state index in [0.29, 0.717) is 37.4 Å². The number of anilines is 1. The third-order valence-electron chi connectivity index (χ3n) is 7.21. The van der Waals surface area contributed by atoms with E-state index in [1.807, 2.05) is 60.4 Å². The summed E-state index contributed by atoms with van der Waals surface area (Å²) in [5, 5.41) is 0. The Bertz CT molecular complexity index is 1270. The maximum Gasteiger partial charge on any atom is 0.309 e. The minimum absolute atomic E-state index is 0.0422. The Balaban J connectivity index is 1.33. The maximum absolute atomic E-state index is 13.6. The van der Waals surface area contributed by atoms with Gasteiger partial charge in [-0.1, -0.05) is 30.3 Å². The number of piperidine rings is 1. The van der Waals surface area contributed by atoms with Crippen LogP contribution in [0.3, 0.4) is 0 Å². The van der Waals surface area contributed by atoms with Crippen molar-refractivity contribution in [2.45, 2.75) is 32.7 Å². The SMILES string of the molecule is CCOC(=O)C1CCN(c2ncnc3c2CN(C(=O)c2ccc(-c4ccccc4)c(OC)c2)CC3)CC1. The Morgan fingerprint density at radius 3 is 2.54 bits per heavy atom. The summed E-state index contributed by atoms with van der Waals surface area (Å²) >= 11 is 0. The summed E-state index contributed by atoms with van der Waals surface area (Å²) in [7, 11) is 1.63. The highest BCUT2D eigenvalue weighted by Gasteiger charge is 2.31. The standard InChI is InChI=1S/C29H32N4O4/c1-3-37-29(35)21-11-14-32(15-12-21)27-24-18-33(16-13-25(24)30-19-31-27)28(34)22-9-10-23(26(17-22)36-2)20-7-5-4-6-8-20/h4-10,17,19,21H,3,11-16,18H2,1-2H3. The van der Waals surface area contributed by atoms with Crippen LogP contribution in [0.2, 0.25) is 0 Å². The van der Waals surface area contributed by atoms with E-state index in [4.69, 9.17) is 9.47 Å². The fourth-order valence-corrected chi connectivity index (χ4v) is 5.22. The molecular weight excluding hydrogens is 468 g/mol. The van der Waals surface area contributed by atoms with E-state index in [1.54, 1.807) is 13.4 Å². The molecule has 0 atom stereocenters. The van der Waals surface area contributed by atoms with Crippen molar-refractivity contribution in [1.82, 2.24) is 14.9 Å². The summed E-state index contributed by atoms with van der Waals surface area (Å²) in [6, 6.07) is 15.6. The van der Waals surface area contributed by atoms with Crippen molar-refractivity contribution in [3.05, 3.63) is 71.7 Å². The Morgan fingerprint density at radius 2 is 1.81 bits per heavy atom. The van der Waals surface area contributed by atoms with Gasteiger partial charge in [-0.3, -0.25) is 9.59 Å². The van der Waals surface area contributed by atoms with Crippen molar-refractivity contribution >= 4 is 17.7 Å². The molecular formula is C29H32N4O4. The number of nitrogens with zero attached hydrogens (tertiary/aromatic N) is 4. The second-order valence-electron chi connectivity index (χ2n) is 9.39. The smallest absolute Gasteiger partial charge is 0.309 e. The highest BCUT2D eigenvalue weighted by atomic mass is 16.5. The van der Waals surface area contributed by atoms with E-state index in [-0.39, 0.29) is 17.8 Å². The van der Waals surface area contributed by atoms with E-state index in [9.17, 15) is 9.59 Å². The zero-order valence-corrected chi connectivity index (χ0v) is 21.4. The minimum Gasteiger partial charge on any atom is -0.496 e. The van der Waals surface area contributed by atoms with Crippen LogP contribution in [0.1, 0.15) is 41.4 Å². The number of rotatable bonds is 6. The molecule has 3 aromatic rings. The van der Waals surface area contributed by atoms with Gasteiger partial charge in [0.15, 0.2) is 0 Å². The van der Waals surface area contributed by atoms with Gasteiger partial charge in [0, 0.05) is 42.7 Å². The topological polar surface area (TPSA) is 84.9 Å². The summed E-state index contributed by atoms with van der Waals surface area (Å²) < 4.78 is 10.9. The van der Waals surface area contributed by atoms with E-state index in [2.05, 4.69) is 14.9 Å². The molecule has 0 unspecified atom stereocenters. The monoisotopic (exact) mass is 500 g/mol. The largest absolute Gasteiger partial charge is 0.496 e. The summed E-state index contributed by atoms with van der Waals surface area (Å²) in [5.41, 5.74) is 4.56. The number of fused-ring (bicyclic) bond motifs is 1. The summed E-state index contributed by atoms with van der Waals surface area (Å²) in [6.45, 7) is 4.73. The molecule has 0 bridgehead atoms. The van der Waals surface area contributed by atoms with Crippen molar-refractivity contribution in [2.24, 2.45) is 5.92 Å². The van der Waals surface area contributed by atoms with Crippen LogP contribution < -0.4 is 9.64 Å². The molecule has 1 saturated heterocycles. The molecule has 2 aliphatic heterocycles. The van der Waals surface area contributed by atoms with E-state index in [0.717, 1.165) is 54.1 Å². The molecule has 2 aliphatic rings. The van der Waals surface area contributed by atoms with Gasteiger partial charge in [0.25, 0.3) is 5.91 Å². The summed E-state index contributed by atoms with van der Waals surface area (Å²) in [5.74, 6) is 1.31. The van der Waals surface area contributed by atoms with Crippen molar-refractivity contribution < 1.29 is 19.1 Å². The lowest BCUT2D eigenvalue weighted by atomic mass is 9.96. The van der Waals surface area contributed by atoms with E-state index >= 15 is 0 Å². The van der Waals surface area contributed by atoms with Gasteiger partial charge in [-0.2, -0.15) is 0 Å². The lowest BCUT2D eigenvalue weighted by molar-refractivity contribution is -0.148. The van der Waals surface area contributed by atoms with Crippen LogP contribution in [0.5, 0.6) is 5.75 Å². The van der Waals surface area contributed by atoms with Gasteiger partial charge in [0.05, 0.1) is 31.9 Å². The molecule has 0 radical (unpaired) electrons. The highest BCUT2D eigenvalue weighted by Crippen LogP contribution is 2.33. The van der Waals surface area contributed by atoms with Crippen LogP contribution in [0.15, 0.2) is 54.9 Å². The number of hydrogen-bond donors (Lipinski definition) is 0. The molecule has 1 fully saturated rings. The first-order chi connectivity index (χ1) is 18.1. The Labute approximate surface area is 217 Å². The van der Waals surface area contributed by atoms with Crippen LogP contribution in [-0.4, -0.2) is 60.1 Å². The normalized spacial score (nSPS) is 15.7. The first-order valence-corrected chi connectivity index (χ1v) is 12.9. The average molecular weight is 501 g/mol. The number of methoxy groups -OCH3 is 1. The van der Waals surface area contributed by atoms with E-state index in [1.165, 1.54) is 0 Å². The first-order valence-electron chi connectivity index (χ1n) is 12.9. The van der Waals surface area contributed by atoms with Crippen molar-refractivity contribution in [3.8, 4) is 16.9 Å².